The van der Waals surface area contributed by atoms with Crippen molar-refractivity contribution in [1.82, 2.24) is 0 Å². The lowest BCUT2D eigenvalue weighted by molar-refractivity contribution is 0.225. The van der Waals surface area contributed by atoms with Crippen molar-refractivity contribution in [3.05, 3.63) is 0 Å². The second-order valence-corrected chi connectivity index (χ2v) is 6.05. The summed E-state index contributed by atoms with van der Waals surface area (Å²) in [6.45, 7) is 3.55. The first-order valence-electron chi connectivity index (χ1n) is 6.00. The predicted molar refractivity (Wildman–Crippen MR) is 65.0 cm³/mol. The number of aliphatic hydroxyl groups is 1. The van der Waals surface area contributed by atoms with Crippen LogP contribution in [0.1, 0.15) is 52.4 Å². The summed E-state index contributed by atoms with van der Waals surface area (Å²) in [6.07, 6.45) is 5.61. The fourth-order valence-electron chi connectivity index (χ4n) is 1.79. The van der Waals surface area contributed by atoms with Gasteiger partial charge in [-0.25, -0.2) is 0 Å². The molecule has 0 fully saturated rings. The molecule has 2 unspecified atom stereocenters. The van der Waals surface area contributed by atoms with Crippen LogP contribution in [-0.2, 0) is 10.1 Å². The van der Waals surface area contributed by atoms with Crippen molar-refractivity contribution in [3.8, 4) is 0 Å². The monoisotopic (exact) mass is 252 g/mol. The molecule has 0 aromatic carbocycles. The largest absolute Gasteiger partial charge is 0.396 e. The van der Waals surface area contributed by atoms with Gasteiger partial charge in [0.25, 0.3) is 10.1 Å². The van der Waals surface area contributed by atoms with Gasteiger partial charge in [-0.3, -0.25) is 4.55 Å². The Hall–Kier alpha value is -0.130. The summed E-state index contributed by atoms with van der Waals surface area (Å²) in [6, 6.07) is 0. The summed E-state index contributed by atoms with van der Waals surface area (Å²) < 4.78 is 31.2. The Labute approximate surface area is 98.8 Å². The zero-order chi connectivity index (χ0) is 12.6. The summed E-state index contributed by atoms with van der Waals surface area (Å²) in [5.41, 5.74) is 0. The van der Waals surface area contributed by atoms with Crippen molar-refractivity contribution in [2.45, 2.75) is 57.6 Å². The van der Waals surface area contributed by atoms with Gasteiger partial charge in [0, 0.05) is 6.61 Å². The van der Waals surface area contributed by atoms with E-state index in [-0.39, 0.29) is 6.61 Å². The Kier molecular flexibility index (Phi) is 7.97. The molecule has 0 aromatic rings. The van der Waals surface area contributed by atoms with Gasteiger partial charge in [-0.15, -0.1) is 0 Å². The molecule has 2 N–H and O–H groups in total. The highest BCUT2D eigenvalue weighted by Crippen LogP contribution is 2.19. The lowest BCUT2D eigenvalue weighted by atomic mass is 10.0. The van der Waals surface area contributed by atoms with Crippen LogP contribution >= 0.6 is 0 Å². The molecule has 2 atom stereocenters. The van der Waals surface area contributed by atoms with Crippen LogP contribution in [0, 0.1) is 5.92 Å². The first kappa shape index (κ1) is 15.9. The molecule has 0 aliphatic rings. The smallest absolute Gasteiger partial charge is 0.268 e. The molecule has 0 rings (SSSR count). The minimum absolute atomic E-state index is 0.209. The molecule has 0 saturated carbocycles. The fourth-order valence-corrected chi connectivity index (χ4v) is 2.93. The molecule has 0 aromatic heterocycles. The van der Waals surface area contributed by atoms with Crippen molar-refractivity contribution in [2.24, 2.45) is 5.92 Å². The van der Waals surface area contributed by atoms with Gasteiger partial charge in [0.15, 0.2) is 0 Å². The highest BCUT2D eigenvalue weighted by Gasteiger charge is 2.28. The summed E-state index contributed by atoms with van der Waals surface area (Å²) in [5, 5.41) is 8.11. The van der Waals surface area contributed by atoms with E-state index in [1.807, 2.05) is 0 Å². The molecule has 0 radical (unpaired) electrons. The van der Waals surface area contributed by atoms with Crippen molar-refractivity contribution in [3.63, 3.8) is 0 Å². The molecule has 0 bridgehead atoms. The summed E-state index contributed by atoms with van der Waals surface area (Å²) >= 11 is 0. The topological polar surface area (TPSA) is 74.6 Å². The van der Waals surface area contributed by atoms with Crippen LogP contribution in [0.25, 0.3) is 0 Å². The van der Waals surface area contributed by atoms with Crippen LogP contribution in [0.2, 0.25) is 0 Å². The minimum Gasteiger partial charge on any atom is -0.396 e. The Morgan fingerprint density at radius 1 is 1.12 bits per heavy atom. The maximum Gasteiger partial charge on any atom is 0.268 e. The van der Waals surface area contributed by atoms with Crippen LogP contribution in [-0.4, -0.2) is 29.9 Å². The average molecular weight is 252 g/mol. The van der Waals surface area contributed by atoms with E-state index in [1.165, 1.54) is 0 Å². The first-order chi connectivity index (χ1) is 7.43. The van der Waals surface area contributed by atoms with E-state index in [2.05, 4.69) is 6.92 Å². The third kappa shape index (κ3) is 6.45. The van der Waals surface area contributed by atoms with Crippen LogP contribution in [0.5, 0.6) is 0 Å². The molecule has 4 nitrogen and oxygen atoms in total. The number of hydrogen-bond donors (Lipinski definition) is 2. The van der Waals surface area contributed by atoms with Crippen LogP contribution < -0.4 is 0 Å². The zero-order valence-corrected chi connectivity index (χ0v) is 11.0. The molecule has 0 heterocycles. The molecule has 0 amide bonds. The highest BCUT2D eigenvalue weighted by atomic mass is 32.2. The van der Waals surface area contributed by atoms with Gasteiger partial charge in [-0.1, -0.05) is 46.0 Å². The van der Waals surface area contributed by atoms with E-state index in [4.69, 9.17) is 9.66 Å². The van der Waals surface area contributed by atoms with E-state index < -0.39 is 21.3 Å². The second-order valence-electron chi connectivity index (χ2n) is 4.42. The molecule has 0 aliphatic heterocycles. The van der Waals surface area contributed by atoms with Gasteiger partial charge in [-0.05, 0) is 12.3 Å². The molecule has 0 spiro atoms. The van der Waals surface area contributed by atoms with E-state index >= 15 is 0 Å². The molecular formula is C11H24O4S. The second kappa shape index (κ2) is 8.03. The van der Waals surface area contributed by atoms with Crippen molar-refractivity contribution >= 4 is 10.1 Å². The number of rotatable bonds is 9. The van der Waals surface area contributed by atoms with E-state index in [1.54, 1.807) is 6.92 Å². The maximum atomic E-state index is 11.1. The van der Waals surface area contributed by atoms with Gasteiger partial charge in [0.1, 0.15) is 0 Å². The van der Waals surface area contributed by atoms with Gasteiger partial charge in [-0.2, -0.15) is 8.42 Å². The number of unbranched alkanes of at least 4 members (excludes halogenated alkanes) is 4. The van der Waals surface area contributed by atoms with E-state index in [0.29, 0.717) is 6.42 Å². The van der Waals surface area contributed by atoms with Crippen LogP contribution in [0.15, 0.2) is 0 Å². The third-order valence-electron chi connectivity index (χ3n) is 2.90. The maximum absolute atomic E-state index is 11.1. The average Bonchev–Trinajstić information content (AvgIpc) is 2.20. The lowest BCUT2D eigenvalue weighted by Crippen LogP contribution is -2.30. The lowest BCUT2D eigenvalue weighted by Gasteiger charge is -2.19. The molecular weight excluding hydrogens is 228 g/mol. The molecule has 16 heavy (non-hydrogen) atoms. The molecule has 5 heteroatoms. The van der Waals surface area contributed by atoms with Crippen molar-refractivity contribution < 1.29 is 18.1 Å². The SMILES string of the molecule is CCCCCCCC(C(C)CO)S(=O)(=O)O. The first-order valence-corrected chi connectivity index (χ1v) is 7.51. The standard InChI is InChI=1S/C11H24O4S/c1-3-4-5-6-7-8-11(10(2)9-12)16(13,14)15/h10-12H,3-9H2,1-2H3,(H,13,14,15). The Morgan fingerprint density at radius 2 is 1.69 bits per heavy atom. The Balaban J connectivity index is 4.05. The third-order valence-corrected chi connectivity index (χ3v) is 4.36. The zero-order valence-electron chi connectivity index (χ0n) is 10.2. The van der Waals surface area contributed by atoms with E-state index in [0.717, 1.165) is 32.1 Å². The fraction of sp³-hybridized carbons (Fsp3) is 1.00. The minimum atomic E-state index is -4.03. The Bertz CT molecular complexity index is 261. The summed E-state index contributed by atoms with van der Waals surface area (Å²) in [5.74, 6) is -0.402. The van der Waals surface area contributed by atoms with Gasteiger partial charge >= 0.3 is 0 Å². The summed E-state index contributed by atoms with van der Waals surface area (Å²) in [4.78, 5) is 0. The van der Waals surface area contributed by atoms with Gasteiger partial charge in [0.2, 0.25) is 0 Å². The number of hydrogen-bond acceptors (Lipinski definition) is 3. The predicted octanol–water partition coefficient (Wildman–Crippen LogP) is 2.23. The normalized spacial score (nSPS) is 16.0. The van der Waals surface area contributed by atoms with Crippen molar-refractivity contribution in [1.29, 1.82) is 0 Å². The molecule has 0 saturated heterocycles. The number of aliphatic hydroxyl groups excluding tert-OH is 1. The highest BCUT2D eigenvalue weighted by molar-refractivity contribution is 7.86. The van der Waals surface area contributed by atoms with E-state index in [9.17, 15) is 8.42 Å². The van der Waals surface area contributed by atoms with Crippen molar-refractivity contribution in [2.75, 3.05) is 6.61 Å². The molecule has 98 valence electrons. The summed E-state index contributed by atoms with van der Waals surface area (Å²) in [7, 11) is -4.03. The quantitative estimate of drug-likeness (QED) is 0.487. The van der Waals surface area contributed by atoms with Crippen LogP contribution in [0.4, 0.5) is 0 Å². The molecule has 0 aliphatic carbocycles. The van der Waals surface area contributed by atoms with Gasteiger partial charge < -0.3 is 5.11 Å². The van der Waals surface area contributed by atoms with Gasteiger partial charge in [0.05, 0.1) is 5.25 Å². The van der Waals surface area contributed by atoms with Crippen LogP contribution in [0.3, 0.4) is 0 Å². The Morgan fingerprint density at radius 3 is 2.12 bits per heavy atom.